The summed E-state index contributed by atoms with van der Waals surface area (Å²) >= 11 is 0. The van der Waals surface area contributed by atoms with Crippen LogP contribution in [0.2, 0.25) is 0 Å². The van der Waals surface area contributed by atoms with Gasteiger partial charge >= 0.3 is 0 Å². The molecule has 1 N–H and O–H groups in total. The summed E-state index contributed by atoms with van der Waals surface area (Å²) in [4.78, 5) is 28.9. The summed E-state index contributed by atoms with van der Waals surface area (Å²) < 4.78 is 26.1. The summed E-state index contributed by atoms with van der Waals surface area (Å²) in [5.41, 5.74) is -1.10. The van der Waals surface area contributed by atoms with Crippen molar-refractivity contribution in [2.24, 2.45) is 23.2 Å². The molecule has 0 radical (unpaired) electrons. The molecule has 3 fully saturated rings. The van der Waals surface area contributed by atoms with Crippen molar-refractivity contribution in [1.82, 2.24) is 14.5 Å². The van der Waals surface area contributed by atoms with Gasteiger partial charge in [0.2, 0.25) is 15.9 Å². The maximum absolute atomic E-state index is 13.6. The number of carbonyl (C=O) groups excluding carboxylic acids is 2. The van der Waals surface area contributed by atoms with Crippen molar-refractivity contribution >= 4 is 21.7 Å². The maximum atomic E-state index is 13.6. The first kappa shape index (κ1) is 20.7. The molecule has 27 heavy (non-hydrogen) atoms. The third kappa shape index (κ3) is 3.34. The van der Waals surface area contributed by atoms with Crippen molar-refractivity contribution in [1.29, 1.82) is 0 Å². The van der Waals surface area contributed by atoms with E-state index in [4.69, 9.17) is 0 Å². The van der Waals surface area contributed by atoms with Gasteiger partial charge in [0.05, 0.1) is 18.2 Å². The van der Waals surface area contributed by atoms with Gasteiger partial charge in [0.15, 0.2) is 5.78 Å². The minimum Gasteiger partial charge on any atom is -0.310 e. The van der Waals surface area contributed by atoms with E-state index in [1.165, 1.54) is 0 Å². The number of nitrogens with one attached hydrogen (secondary N) is 1. The van der Waals surface area contributed by atoms with Gasteiger partial charge in [-0.1, -0.05) is 34.6 Å². The molecule has 154 valence electrons. The van der Waals surface area contributed by atoms with Crippen molar-refractivity contribution in [2.75, 3.05) is 32.4 Å². The molecule has 0 aromatic carbocycles. The number of hydrogen-bond acceptors (Lipinski definition) is 6. The second-order valence-corrected chi connectivity index (χ2v) is 11.9. The Labute approximate surface area is 162 Å². The quantitative estimate of drug-likeness (QED) is 0.733. The molecule has 0 aromatic rings. The first-order valence-corrected chi connectivity index (χ1v) is 11.7. The van der Waals surface area contributed by atoms with Crippen molar-refractivity contribution in [3.8, 4) is 0 Å². The van der Waals surface area contributed by atoms with E-state index in [-0.39, 0.29) is 23.0 Å². The summed E-state index contributed by atoms with van der Waals surface area (Å²) in [6.07, 6.45) is 1.42. The van der Waals surface area contributed by atoms with Crippen molar-refractivity contribution in [3.63, 3.8) is 0 Å². The van der Waals surface area contributed by atoms with Crippen molar-refractivity contribution < 1.29 is 18.0 Å². The Morgan fingerprint density at radius 1 is 1.30 bits per heavy atom. The van der Waals surface area contributed by atoms with Gasteiger partial charge in [-0.05, 0) is 24.3 Å². The fourth-order valence-electron chi connectivity index (χ4n) is 5.26. The number of ketones is 1. The van der Waals surface area contributed by atoms with Gasteiger partial charge in [-0.25, -0.2) is 12.7 Å². The SMILES string of the molecule is CC(C)C1C(=O)N(S(C)(=O)=O)C2(C(=O)C3CN(CC(C)(C)C)C3)CCNC12. The highest BCUT2D eigenvalue weighted by atomic mass is 32.2. The van der Waals surface area contributed by atoms with Gasteiger partial charge in [0, 0.05) is 25.6 Å². The van der Waals surface area contributed by atoms with E-state index in [2.05, 4.69) is 31.0 Å². The summed E-state index contributed by atoms with van der Waals surface area (Å²) in [6, 6.07) is -0.427. The molecule has 3 saturated heterocycles. The molecular weight excluding hydrogens is 366 g/mol. The molecule has 8 heteroatoms. The summed E-state index contributed by atoms with van der Waals surface area (Å²) in [7, 11) is -3.83. The van der Waals surface area contributed by atoms with Crippen LogP contribution >= 0.6 is 0 Å². The van der Waals surface area contributed by atoms with Gasteiger partial charge < -0.3 is 10.2 Å². The zero-order valence-corrected chi connectivity index (χ0v) is 18.1. The normalized spacial score (nSPS) is 32.9. The van der Waals surface area contributed by atoms with Gasteiger partial charge in [-0.3, -0.25) is 9.59 Å². The third-order valence-corrected chi connectivity index (χ3v) is 7.26. The predicted molar refractivity (Wildman–Crippen MR) is 104 cm³/mol. The smallest absolute Gasteiger partial charge is 0.242 e. The van der Waals surface area contributed by atoms with Crippen LogP contribution in [0.1, 0.15) is 41.0 Å². The topological polar surface area (TPSA) is 86.8 Å². The van der Waals surface area contributed by atoms with Crippen LogP contribution in [0.5, 0.6) is 0 Å². The largest absolute Gasteiger partial charge is 0.310 e. The van der Waals surface area contributed by atoms with Gasteiger partial charge in [0.25, 0.3) is 0 Å². The zero-order valence-electron chi connectivity index (χ0n) is 17.3. The highest BCUT2D eigenvalue weighted by Gasteiger charge is 2.68. The number of likely N-dealkylation sites (tertiary alicyclic amines) is 1. The minimum atomic E-state index is -3.83. The molecule has 0 spiro atoms. The first-order valence-electron chi connectivity index (χ1n) is 9.83. The molecule has 3 aliphatic rings. The van der Waals surface area contributed by atoms with E-state index in [1.807, 2.05) is 13.8 Å². The highest BCUT2D eigenvalue weighted by molar-refractivity contribution is 7.89. The van der Waals surface area contributed by atoms with Crippen LogP contribution < -0.4 is 5.32 Å². The second kappa shape index (κ2) is 6.52. The predicted octanol–water partition coefficient (Wildman–Crippen LogP) is 0.708. The molecule has 1 amide bonds. The molecular formula is C19H33N3O4S. The van der Waals surface area contributed by atoms with E-state index in [0.29, 0.717) is 26.1 Å². The minimum absolute atomic E-state index is 0.0363. The lowest BCUT2D eigenvalue weighted by Crippen LogP contribution is -2.65. The number of sulfonamides is 1. The average molecular weight is 400 g/mol. The molecule has 3 aliphatic heterocycles. The molecule has 7 nitrogen and oxygen atoms in total. The third-order valence-electron chi connectivity index (χ3n) is 6.09. The Morgan fingerprint density at radius 2 is 1.89 bits per heavy atom. The number of hydrogen-bond donors (Lipinski definition) is 1. The molecule has 0 aliphatic carbocycles. The lowest BCUT2D eigenvalue weighted by Gasteiger charge is -2.46. The molecule has 0 aromatic heterocycles. The lowest BCUT2D eigenvalue weighted by molar-refractivity contribution is -0.141. The molecule has 0 bridgehead atoms. The van der Waals surface area contributed by atoms with Crippen molar-refractivity contribution in [3.05, 3.63) is 0 Å². The Kier molecular flexibility index (Phi) is 5.01. The molecule has 3 heterocycles. The lowest BCUT2D eigenvalue weighted by atomic mass is 9.74. The molecule has 3 atom stereocenters. The molecule has 3 rings (SSSR count). The number of fused-ring (bicyclic) bond motifs is 1. The van der Waals surface area contributed by atoms with E-state index in [0.717, 1.165) is 17.1 Å². The second-order valence-electron chi connectivity index (χ2n) is 10.1. The van der Waals surface area contributed by atoms with Crippen molar-refractivity contribution in [2.45, 2.75) is 52.6 Å². The number of carbonyl (C=O) groups is 2. The number of rotatable bonds is 5. The monoisotopic (exact) mass is 399 g/mol. The van der Waals surface area contributed by atoms with Crippen LogP contribution in [0.3, 0.4) is 0 Å². The van der Waals surface area contributed by atoms with E-state index >= 15 is 0 Å². The molecule has 3 unspecified atom stereocenters. The number of nitrogens with zero attached hydrogens (tertiary/aromatic N) is 2. The van der Waals surface area contributed by atoms with Crippen LogP contribution in [-0.4, -0.2) is 73.3 Å². The van der Waals surface area contributed by atoms with E-state index in [9.17, 15) is 18.0 Å². The Balaban J connectivity index is 1.91. The standard InChI is InChI=1S/C19H33N3O4S/c1-12(2)14-15-19(7-8-20-15,22(17(14)24)27(6,25)26)16(23)13-9-21(10-13)11-18(3,4)5/h12-15,20H,7-11H2,1-6H3. The van der Waals surface area contributed by atoms with Crippen LogP contribution in [0, 0.1) is 23.2 Å². The van der Waals surface area contributed by atoms with Crippen LogP contribution in [0.4, 0.5) is 0 Å². The van der Waals surface area contributed by atoms with E-state index in [1.54, 1.807) is 0 Å². The van der Waals surface area contributed by atoms with Gasteiger partial charge in [-0.2, -0.15) is 0 Å². The fraction of sp³-hybridized carbons (Fsp3) is 0.895. The maximum Gasteiger partial charge on any atom is 0.242 e. The number of amides is 1. The summed E-state index contributed by atoms with van der Waals surface area (Å²) in [6.45, 7) is 13.0. The van der Waals surface area contributed by atoms with Crippen LogP contribution in [0.25, 0.3) is 0 Å². The van der Waals surface area contributed by atoms with Gasteiger partial charge in [0.1, 0.15) is 5.54 Å². The van der Waals surface area contributed by atoms with Crippen LogP contribution in [0.15, 0.2) is 0 Å². The van der Waals surface area contributed by atoms with E-state index < -0.39 is 33.4 Å². The highest BCUT2D eigenvalue weighted by Crippen LogP contribution is 2.47. The fourth-order valence-corrected chi connectivity index (χ4v) is 6.60. The summed E-state index contributed by atoms with van der Waals surface area (Å²) in [5, 5.41) is 3.30. The Bertz CT molecular complexity index is 737. The average Bonchev–Trinajstić information content (AvgIpc) is 2.93. The zero-order chi connectivity index (χ0) is 20.4. The number of Topliss-reactive ketones (excluding diaryl/α,β-unsaturated/α-hetero) is 1. The van der Waals surface area contributed by atoms with Gasteiger partial charge in [-0.15, -0.1) is 0 Å². The van der Waals surface area contributed by atoms with Crippen LogP contribution in [-0.2, 0) is 19.6 Å². The summed E-state index contributed by atoms with van der Waals surface area (Å²) in [5.74, 6) is -1.24. The first-order chi connectivity index (χ1) is 12.3. The Morgan fingerprint density at radius 3 is 2.37 bits per heavy atom. The Hall–Kier alpha value is -0.990. The molecule has 0 saturated carbocycles.